The molecule has 0 aliphatic carbocycles. The number of nitrogens with one attached hydrogen (secondary N) is 1. The molecule has 0 saturated heterocycles. The average Bonchev–Trinajstić information content (AvgIpc) is 2.65. The summed E-state index contributed by atoms with van der Waals surface area (Å²) in [7, 11) is 0. The highest BCUT2D eigenvalue weighted by Gasteiger charge is 2.25. The second kappa shape index (κ2) is 8.21. The van der Waals surface area contributed by atoms with E-state index < -0.39 is 5.54 Å². The van der Waals surface area contributed by atoms with Gasteiger partial charge in [-0.2, -0.15) is 0 Å². The van der Waals surface area contributed by atoms with E-state index >= 15 is 0 Å². The minimum Gasteiger partial charge on any atom is -0.483 e. The van der Waals surface area contributed by atoms with E-state index in [1.165, 1.54) is 0 Å². The maximum absolute atomic E-state index is 12.2. The van der Waals surface area contributed by atoms with E-state index in [1.807, 2.05) is 68.4 Å². The molecule has 1 N–H and O–H groups in total. The third-order valence-electron chi connectivity index (χ3n) is 4.19. The summed E-state index contributed by atoms with van der Waals surface area (Å²) in [5.41, 5.74) is 1.41. The van der Waals surface area contributed by atoms with Crippen molar-refractivity contribution in [2.45, 2.75) is 32.2 Å². The van der Waals surface area contributed by atoms with Crippen molar-refractivity contribution in [2.75, 3.05) is 6.61 Å². The predicted molar refractivity (Wildman–Crippen MR) is 97.7 cm³/mol. The van der Waals surface area contributed by atoms with Crippen LogP contribution >= 0.6 is 0 Å². The van der Waals surface area contributed by atoms with Crippen molar-refractivity contribution in [3.05, 3.63) is 54.6 Å². The van der Waals surface area contributed by atoms with Crippen molar-refractivity contribution in [2.24, 2.45) is 0 Å². The average molecular weight is 321 g/mol. The van der Waals surface area contributed by atoms with E-state index in [1.54, 1.807) is 0 Å². The van der Waals surface area contributed by atoms with Crippen LogP contribution in [0.5, 0.6) is 5.75 Å². The number of terminal acetylenes is 1. The molecule has 2 rings (SSSR count). The SMILES string of the molecule is C#CC(CC)(CC)NC(=O)COc1ccccc1-c1ccccc1. The van der Waals surface area contributed by atoms with Gasteiger partial charge in [-0.15, -0.1) is 6.42 Å². The van der Waals surface area contributed by atoms with Gasteiger partial charge in [0.25, 0.3) is 5.91 Å². The third kappa shape index (κ3) is 4.17. The molecule has 0 saturated carbocycles. The number of hydrogen-bond donors (Lipinski definition) is 1. The van der Waals surface area contributed by atoms with Gasteiger partial charge in [0.2, 0.25) is 0 Å². The summed E-state index contributed by atoms with van der Waals surface area (Å²) in [5, 5.41) is 2.91. The van der Waals surface area contributed by atoms with Crippen LogP contribution in [-0.4, -0.2) is 18.1 Å². The molecule has 24 heavy (non-hydrogen) atoms. The molecule has 2 aromatic carbocycles. The largest absolute Gasteiger partial charge is 0.483 e. The van der Waals surface area contributed by atoms with Crippen LogP contribution in [-0.2, 0) is 4.79 Å². The van der Waals surface area contributed by atoms with Crippen LogP contribution in [0.4, 0.5) is 0 Å². The molecule has 0 aromatic heterocycles. The molecule has 3 nitrogen and oxygen atoms in total. The minimum absolute atomic E-state index is 0.0622. The van der Waals surface area contributed by atoms with Gasteiger partial charge in [-0.3, -0.25) is 4.79 Å². The van der Waals surface area contributed by atoms with Crippen molar-refractivity contribution >= 4 is 5.91 Å². The van der Waals surface area contributed by atoms with E-state index in [0.29, 0.717) is 18.6 Å². The number of ether oxygens (including phenoxy) is 1. The maximum atomic E-state index is 12.2. The first-order valence-electron chi connectivity index (χ1n) is 8.20. The second-order valence-electron chi connectivity index (χ2n) is 5.63. The number of carbonyl (C=O) groups is 1. The van der Waals surface area contributed by atoms with E-state index in [9.17, 15) is 4.79 Å². The van der Waals surface area contributed by atoms with Gasteiger partial charge in [0.1, 0.15) is 11.3 Å². The second-order valence-corrected chi connectivity index (χ2v) is 5.63. The highest BCUT2D eigenvalue weighted by Crippen LogP contribution is 2.29. The number of hydrogen-bond acceptors (Lipinski definition) is 2. The van der Waals surface area contributed by atoms with Crippen molar-refractivity contribution < 1.29 is 9.53 Å². The molecule has 0 aliphatic heterocycles. The minimum atomic E-state index is -0.598. The quantitative estimate of drug-likeness (QED) is 0.782. The van der Waals surface area contributed by atoms with Gasteiger partial charge < -0.3 is 10.1 Å². The summed E-state index contributed by atoms with van der Waals surface area (Å²) in [6, 6.07) is 17.6. The van der Waals surface area contributed by atoms with Gasteiger partial charge in [-0.25, -0.2) is 0 Å². The van der Waals surface area contributed by atoms with Crippen molar-refractivity contribution in [3.8, 4) is 29.2 Å². The van der Waals surface area contributed by atoms with Gasteiger partial charge in [0.15, 0.2) is 6.61 Å². The number of para-hydroxylation sites is 1. The zero-order chi connectivity index (χ0) is 17.4. The number of carbonyl (C=O) groups excluding carboxylic acids is 1. The first-order valence-corrected chi connectivity index (χ1v) is 8.20. The summed E-state index contributed by atoms with van der Waals surface area (Å²) < 4.78 is 5.75. The molecular formula is C21H23NO2. The maximum Gasteiger partial charge on any atom is 0.259 e. The van der Waals surface area contributed by atoms with Crippen molar-refractivity contribution in [3.63, 3.8) is 0 Å². The Kier molecular flexibility index (Phi) is 6.03. The van der Waals surface area contributed by atoms with Crippen molar-refractivity contribution in [1.82, 2.24) is 5.32 Å². The van der Waals surface area contributed by atoms with E-state index in [-0.39, 0.29) is 12.5 Å². The van der Waals surface area contributed by atoms with Gasteiger partial charge >= 0.3 is 0 Å². The van der Waals surface area contributed by atoms with Gasteiger partial charge in [-0.05, 0) is 24.5 Å². The van der Waals surface area contributed by atoms with Crippen LogP contribution in [0, 0.1) is 12.3 Å². The Bertz CT molecular complexity index is 712. The van der Waals surface area contributed by atoms with Crippen LogP contribution in [0.2, 0.25) is 0 Å². The highest BCUT2D eigenvalue weighted by molar-refractivity contribution is 5.79. The Hall–Kier alpha value is -2.73. The zero-order valence-electron chi connectivity index (χ0n) is 14.2. The van der Waals surface area contributed by atoms with Crippen LogP contribution in [0.25, 0.3) is 11.1 Å². The molecule has 0 fully saturated rings. The van der Waals surface area contributed by atoms with Crippen LogP contribution < -0.4 is 10.1 Å². The van der Waals surface area contributed by atoms with Crippen LogP contribution in [0.15, 0.2) is 54.6 Å². The van der Waals surface area contributed by atoms with Gasteiger partial charge in [0.05, 0.1) is 0 Å². The molecular weight excluding hydrogens is 298 g/mol. The Morgan fingerprint density at radius 3 is 2.33 bits per heavy atom. The van der Waals surface area contributed by atoms with Crippen molar-refractivity contribution in [1.29, 1.82) is 0 Å². The molecule has 0 bridgehead atoms. The predicted octanol–water partition coefficient (Wildman–Crippen LogP) is 4.04. The Morgan fingerprint density at radius 1 is 1.08 bits per heavy atom. The summed E-state index contributed by atoms with van der Waals surface area (Å²) in [6.45, 7) is 3.87. The van der Waals surface area contributed by atoms with Crippen LogP contribution in [0.1, 0.15) is 26.7 Å². The summed E-state index contributed by atoms with van der Waals surface area (Å²) in [4.78, 5) is 12.2. The highest BCUT2D eigenvalue weighted by atomic mass is 16.5. The fraction of sp³-hybridized carbons (Fsp3) is 0.286. The molecule has 3 heteroatoms. The fourth-order valence-electron chi connectivity index (χ4n) is 2.56. The number of rotatable bonds is 7. The normalized spacial score (nSPS) is 10.7. The Balaban J connectivity index is 2.08. The standard InChI is InChI=1S/C21H23NO2/c1-4-21(5-2,6-3)22-20(23)16-24-19-15-11-10-14-18(19)17-12-8-7-9-13-17/h1,7-15H,5-6,16H2,2-3H3,(H,22,23). The first kappa shape index (κ1) is 17.6. The van der Waals surface area contributed by atoms with E-state index in [4.69, 9.17) is 11.2 Å². The molecule has 0 heterocycles. The fourth-order valence-corrected chi connectivity index (χ4v) is 2.56. The molecule has 0 spiro atoms. The Morgan fingerprint density at radius 2 is 1.71 bits per heavy atom. The van der Waals surface area contributed by atoms with Gasteiger partial charge in [0, 0.05) is 5.56 Å². The molecule has 0 radical (unpaired) electrons. The topological polar surface area (TPSA) is 38.3 Å². The zero-order valence-corrected chi connectivity index (χ0v) is 14.2. The summed E-state index contributed by atoms with van der Waals surface area (Å²) in [6.07, 6.45) is 6.95. The smallest absolute Gasteiger partial charge is 0.259 e. The molecule has 2 aromatic rings. The molecule has 124 valence electrons. The third-order valence-corrected chi connectivity index (χ3v) is 4.19. The summed E-state index contributed by atoms with van der Waals surface area (Å²) >= 11 is 0. The van der Waals surface area contributed by atoms with Gasteiger partial charge in [-0.1, -0.05) is 68.3 Å². The molecule has 1 amide bonds. The molecule has 0 aliphatic rings. The van der Waals surface area contributed by atoms with E-state index in [2.05, 4.69) is 11.2 Å². The number of amides is 1. The number of benzene rings is 2. The monoisotopic (exact) mass is 321 g/mol. The van der Waals surface area contributed by atoms with E-state index in [0.717, 1.165) is 11.1 Å². The molecule has 0 unspecified atom stereocenters. The lowest BCUT2D eigenvalue weighted by Crippen LogP contribution is -2.48. The lowest BCUT2D eigenvalue weighted by molar-refractivity contribution is -0.124. The summed E-state index contributed by atoms with van der Waals surface area (Å²) in [5.74, 6) is 3.16. The Labute approximate surface area is 144 Å². The van der Waals surface area contributed by atoms with Crippen LogP contribution in [0.3, 0.4) is 0 Å². The first-order chi connectivity index (χ1) is 11.6. The molecule has 0 atom stereocenters. The lowest BCUT2D eigenvalue weighted by atomic mass is 9.94. The lowest BCUT2D eigenvalue weighted by Gasteiger charge is -2.27.